The van der Waals surface area contributed by atoms with E-state index in [0.717, 1.165) is 18.2 Å². The highest BCUT2D eigenvalue weighted by Gasteiger charge is 2.34. The molecular formula is C17H11ClF3N3O2. The molecule has 1 N–H and O–H groups in total. The van der Waals surface area contributed by atoms with Gasteiger partial charge in [-0.2, -0.15) is 18.4 Å². The molecule has 0 aliphatic rings. The van der Waals surface area contributed by atoms with Crippen molar-refractivity contribution in [3.8, 4) is 6.07 Å². The second-order valence-corrected chi connectivity index (χ2v) is 5.62. The molecule has 1 amide bonds. The van der Waals surface area contributed by atoms with E-state index in [0.29, 0.717) is 5.56 Å². The normalized spacial score (nSPS) is 10.9. The minimum absolute atomic E-state index is 0.0683. The summed E-state index contributed by atoms with van der Waals surface area (Å²) in [6, 6.07) is 6.05. The number of Topliss-reactive ketones (excluding diaryl/α,β-unsaturated/α-hetero) is 1. The molecule has 0 aliphatic heterocycles. The Balaban J connectivity index is 2.19. The largest absolute Gasteiger partial charge is 0.417 e. The van der Waals surface area contributed by atoms with Crippen LogP contribution in [0.15, 0.2) is 30.5 Å². The first-order valence-corrected chi connectivity index (χ1v) is 7.57. The summed E-state index contributed by atoms with van der Waals surface area (Å²) in [5.41, 5.74) is -1.41. The number of aromatic nitrogens is 1. The lowest BCUT2D eigenvalue weighted by Crippen LogP contribution is -2.31. The number of amides is 1. The maximum atomic E-state index is 12.9. The summed E-state index contributed by atoms with van der Waals surface area (Å²) in [5.74, 6) is -1.79. The summed E-state index contributed by atoms with van der Waals surface area (Å²) in [6.07, 6.45) is -3.43. The van der Waals surface area contributed by atoms with E-state index in [1.54, 1.807) is 6.92 Å². The maximum absolute atomic E-state index is 12.9. The number of ketones is 1. The van der Waals surface area contributed by atoms with Gasteiger partial charge in [0.2, 0.25) is 5.78 Å². The summed E-state index contributed by atoms with van der Waals surface area (Å²) in [7, 11) is 0. The second-order valence-electron chi connectivity index (χ2n) is 5.24. The summed E-state index contributed by atoms with van der Waals surface area (Å²) in [6.45, 7) is 0.965. The third-order valence-corrected chi connectivity index (χ3v) is 3.84. The van der Waals surface area contributed by atoms with E-state index in [2.05, 4.69) is 10.3 Å². The Hall–Kier alpha value is -2.92. The minimum atomic E-state index is -4.71. The van der Waals surface area contributed by atoms with E-state index in [1.807, 2.05) is 6.07 Å². The average molecular weight is 382 g/mol. The van der Waals surface area contributed by atoms with Crippen molar-refractivity contribution in [1.29, 1.82) is 5.26 Å². The van der Waals surface area contributed by atoms with Gasteiger partial charge in [0.05, 0.1) is 28.3 Å². The van der Waals surface area contributed by atoms with Crippen molar-refractivity contribution in [2.75, 3.05) is 6.54 Å². The zero-order valence-corrected chi connectivity index (χ0v) is 14.1. The van der Waals surface area contributed by atoms with Gasteiger partial charge in [-0.25, -0.2) is 0 Å². The SMILES string of the molecule is Cc1cnc(C(=O)CNC(=O)c2ccccc2C(F)(F)F)c(Cl)c1C#N. The van der Waals surface area contributed by atoms with E-state index in [9.17, 15) is 22.8 Å². The number of nitrogens with one attached hydrogen (secondary N) is 1. The van der Waals surface area contributed by atoms with E-state index < -0.39 is 35.5 Å². The lowest BCUT2D eigenvalue weighted by atomic mass is 10.1. The summed E-state index contributed by atoms with van der Waals surface area (Å²) in [5, 5.41) is 11.0. The number of carbonyl (C=O) groups excluding carboxylic acids is 2. The number of alkyl halides is 3. The zero-order valence-electron chi connectivity index (χ0n) is 13.3. The van der Waals surface area contributed by atoms with Crippen molar-refractivity contribution < 1.29 is 22.8 Å². The molecule has 1 aromatic heterocycles. The Labute approximate surface area is 151 Å². The molecule has 0 saturated heterocycles. The molecule has 0 fully saturated rings. The lowest BCUT2D eigenvalue weighted by Gasteiger charge is -2.12. The molecule has 26 heavy (non-hydrogen) atoms. The van der Waals surface area contributed by atoms with Gasteiger partial charge in [-0.15, -0.1) is 0 Å². The number of pyridine rings is 1. The summed E-state index contributed by atoms with van der Waals surface area (Å²) in [4.78, 5) is 28.0. The third-order valence-electron chi connectivity index (χ3n) is 3.47. The number of aryl methyl sites for hydroxylation is 1. The van der Waals surface area contributed by atoms with Crippen LogP contribution in [-0.2, 0) is 6.18 Å². The van der Waals surface area contributed by atoms with E-state index in [-0.39, 0.29) is 16.3 Å². The lowest BCUT2D eigenvalue weighted by molar-refractivity contribution is -0.137. The fraction of sp³-hybridized carbons (Fsp3) is 0.176. The number of carbonyl (C=O) groups is 2. The standard InChI is InChI=1S/C17H11ClF3N3O2/c1-9-7-23-15(14(18)11(9)6-22)13(25)8-24-16(26)10-4-2-3-5-12(10)17(19,20)21/h2-5,7H,8H2,1H3,(H,24,26). The van der Waals surface area contributed by atoms with Crippen LogP contribution >= 0.6 is 11.6 Å². The van der Waals surface area contributed by atoms with Crippen molar-refractivity contribution in [3.05, 3.63) is 63.4 Å². The fourth-order valence-corrected chi connectivity index (χ4v) is 2.52. The van der Waals surface area contributed by atoms with Crippen LogP contribution in [0.4, 0.5) is 13.2 Å². The highest BCUT2D eigenvalue weighted by atomic mass is 35.5. The minimum Gasteiger partial charge on any atom is -0.344 e. The van der Waals surface area contributed by atoms with E-state index in [1.165, 1.54) is 12.3 Å². The first-order chi connectivity index (χ1) is 12.2. The Bertz CT molecular complexity index is 920. The van der Waals surface area contributed by atoms with Crippen LogP contribution in [0.5, 0.6) is 0 Å². The molecule has 134 valence electrons. The first kappa shape index (κ1) is 19.4. The molecule has 0 saturated carbocycles. The third kappa shape index (κ3) is 4.00. The highest BCUT2D eigenvalue weighted by Crippen LogP contribution is 2.31. The monoisotopic (exact) mass is 381 g/mol. The van der Waals surface area contributed by atoms with Crippen LogP contribution in [0, 0.1) is 18.3 Å². The molecule has 2 aromatic rings. The molecule has 1 aromatic carbocycles. The molecule has 2 rings (SSSR count). The second kappa shape index (κ2) is 7.54. The van der Waals surface area contributed by atoms with Gasteiger partial charge in [-0.1, -0.05) is 23.7 Å². The van der Waals surface area contributed by atoms with Gasteiger partial charge in [0, 0.05) is 6.20 Å². The molecule has 0 unspecified atom stereocenters. The Kier molecular flexibility index (Phi) is 5.63. The predicted octanol–water partition coefficient (Wildman–Crippen LogP) is 3.55. The Morgan fingerprint density at radius 3 is 2.58 bits per heavy atom. The predicted molar refractivity (Wildman–Crippen MR) is 86.8 cm³/mol. The molecule has 5 nitrogen and oxygen atoms in total. The topological polar surface area (TPSA) is 82.8 Å². The van der Waals surface area contributed by atoms with E-state index >= 15 is 0 Å². The van der Waals surface area contributed by atoms with Gasteiger partial charge >= 0.3 is 6.18 Å². The molecule has 0 aliphatic carbocycles. The fourth-order valence-electron chi connectivity index (χ4n) is 2.17. The van der Waals surface area contributed by atoms with Crippen molar-refractivity contribution in [2.24, 2.45) is 0 Å². The first-order valence-electron chi connectivity index (χ1n) is 7.19. The van der Waals surface area contributed by atoms with Gasteiger partial charge in [-0.3, -0.25) is 14.6 Å². The number of rotatable bonds is 4. The molecule has 0 atom stereocenters. The van der Waals surface area contributed by atoms with Crippen LogP contribution in [0.25, 0.3) is 0 Å². The van der Waals surface area contributed by atoms with Crippen molar-refractivity contribution in [2.45, 2.75) is 13.1 Å². The number of halogens is 4. The number of hydrogen-bond acceptors (Lipinski definition) is 4. The number of benzene rings is 1. The average Bonchev–Trinajstić information content (AvgIpc) is 2.59. The van der Waals surface area contributed by atoms with Crippen LogP contribution in [-0.4, -0.2) is 23.2 Å². The molecule has 0 spiro atoms. The molecule has 0 radical (unpaired) electrons. The molecular weight excluding hydrogens is 371 g/mol. The van der Waals surface area contributed by atoms with Crippen LogP contribution in [0.3, 0.4) is 0 Å². The highest BCUT2D eigenvalue weighted by molar-refractivity contribution is 6.35. The van der Waals surface area contributed by atoms with Gasteiger partial charge in [0.1, 0.15) is 11.8 Å². The van der Waals surface area contributed by atoms with Crippen molar-refractivity contribution in [1.82, 2.24) is 10.3 Å². The van der Waals surface area contributed by atoms with Crippen LogP contribution < -0.4 is 5.32 Å². The van der Waals surface area contributed by atoms with Crippen molar-refractivity contribution >= 4 is 23.3 Å². The molecule has 9 heteroatoms. The van der Waals surface area contributed by atoms with Gasteiger partial charge in [0.15, 0.2) is 0 Å². The summed E-state index contributed by atoms with van der Waals surface area (Å²) >= 11 is 5.96. The molecule has 1 heterocycles. The smallest absolute Gasteiger partial charge is 0.344 e. The van der Waals surface area contributed by atoms with Crippen LogP contribution in [0.1, 0.15) is 37.5 Å². The number of nitriles is 1. The molecule has 0 bridgehead atoms. The van der Waals surface area contributed by atoms with Crippen molar-refractivity contribution in [3.63, 3.8) is 0 Å². The van der Waals surface area contributed by atoms with Gasteiger partial charge < -0.3 is 5.32 Å². The van der Waals surface area contributed by atoms with E-state index in [4.69, 9.17) is 16.9 Å². The quantitative estimate of drug-likeness (QED) is 0.821. The van der Waals surface area contributed by atoms with Crippen LogP contribution in [0.2, 0.25) is 5.02 Å². The summed E-state index contributed by atoms with van der Waals surface area (Å²) < 4.78 is 38.8. The maximum Gasteiger partial charge on any atom is 0.417 e. The van der Waals surface area contributed by atoms with Gasteiger partial charge in [-0.05, 0) is 24.6 Å². The number of nitrogens with zero attached hydrogens (tertiary/aromatic N) is 2. The van der Waals surface area contributed by atoms with Gasteiger partial charge in [0.25, 0.3) is 5.91 Å². The number of hydrogen-bond donors (Lipinski definition) is 1. The Morgan fingerprint density at radius 1 is 1.31 bits per heavy atom. The zero-order chi connectivity index (χ0) is 19.5. The Morgan fingerprint density at radius 2 is 1.96 bits per heavy atom.